The molecule has 0 saturated carbocycles. The van der Waals surface area contributed by atoms with E-state index >= 15 is 0 Å². The lowest BCUT2D eigenvalue weighted by molar-refractivity contribution is -0.0295. The fraction of sp³-hybridized carbons (Fsp3) is 0.379. The molecule has 2 aliphatic rings. The molecule has 2 N–H and O–H groups in total. The summed E-state index contributed by atoms with van der Waals surface area (Å²) in [6.45, 7) is 1.13. The highest BCUT2D eigenvalue weighted by atomic mass is 35.5. The second kappa shape index (κ2) is 12.2. The Bertz CT molecular complexity index is 1110. The highest BCUT2D eigenvalue weighted by Gasteiger charge is 2.32. The van der Waals surface area contributed by atoms with Crippen molar-refractivity contribution in [2.75, 3.05) is 13.1 Å². The third-order valence-corrected chi connectivity index (χ3v) is 7.00. The molecule has 0 saturated heterocycles. The van der Waals surface area contributed by atoms with E-state index in [2.05, 4.69) is 0 Å². The molecule has 2 aliphatic heterocycles. The maximum atomic E-state index is 13.5. The zero-order valence-electron chi connectivity index (χ0n) is 20.4. The molecule has 0 aliphatic carbocycles. The molecule has 8 heteroatoms. The average Bonchev–Trinajstić information content (AvgIpc) is 2.88. The van der Waals surface area contributed by atoms with Gasteiger partial charge in [0.05, 0.1) is 0 Å². The topological polar surface area (TPSA) is 62.2 Å². The summed E-state index contributed by atoms with van der Waals surface area (Å²) < 4.78 is 39.1. The molecule has 198 valence electrons. The molecule has 37 heavy (non-hydrogen) atoms. The molecule has 3 aromatic carbocycles. The van der Waals surface area contributed by atoms with Crippen molar-refractivity contribution in [3.63, 3.8) is 0 Å². The normalized spacial score (nSPS) is 20.0. The molecule has 3 aromatic rings. The van der Waals surface area contributed by atoms with Gasteiger partial charge in [-0.2, -0.15) is 0 Å². The monoisotopic (exact) mass is 531 g/mol. The van der Waals surface area contributed by atoms with Gasteiger partial charge in [0.2, 0.25) is 0 Å². The second-order valence-electron chi connectivity index (χ2n) is 9.71. The van der Waals surface area contributed by atoms with Gasteiger partial charge in [-0.25, -0.2) is 8.78 Å². The molecule has 0 aromatic heterocycles. The Balaban J connectivity index is 0.00000320. The van der Waals surface area contributed by atoms with Crippen LogP contribution in [0.4, 0.5) is 8.78 Å². The minimum absolute atomic E-state index is 0. The lowest BCUT2D eigenvalue weighted by Crippen LogP contribution is -2.48. The summed E-state index contributed by atoms with van der Waals surface area (Å²) in [7, 11) is 0. The molecule has 4 atom stereocenters. The summed E-state index contributed by atoms with van der Waals surface area (Å²) in [6, 6.07) is 18.8. The first-order valence-electron chi connectivity index (χ1n) is 12.5. The van der Waals surface area contributed by atoms with Crippen molar-refractivity contribution in [1.82, 2.24) is 4.90 Å². The molecule has 0 fully saturated rings. The molecule has 0 radical (unpaired) electrons. The van der Waals surface area contributed by atoms with Crippen LogP contribution >= 0.6 is 12.4 Å². The van der Waals surface area contributed by atoms with Crippen molar-refractivity contribution in [2.45, 2.75) is 56.6 Å². The van der Waals surface area contributed by atoms with Crippen LogP contribution in [0.15, 0.2) is 66.7 Å². The van der Waals surface area contributed by atoms with Crippen LogP contribution in [0.5, 0.6) is 11.5 Å². The minimum Gasteiger partial charge on any atom is -0.487 e. The molecular weight excluding hydrogens is 500 g/mol. The van der Waals surface area contributed by atoms with Crippen molar-refractivity contribution in [3.05, 3.63) is 95.1 Å². The molecule has 0 spiro atoms. The van der Waals surface area contributed by atoms with E-state index in [-0.39, 0.29) is 24.0 Å². The number of aliphatic hydroxyl groups excluding tert-OH is 2. The van der Waals surface area contributed by atoms with Gasteiger partial charge < -0.3 is 19.7 Å². The summed E-state index contributed by atoms with van der Waals surface area (Å²) >= 11 is 0. The predicted molar refractivity (Wildman–Crippen MR) is 139 cm³/mol. The summed E-state index contributed by atoms with van der Waals surface area (Å²) in [5.41, 5.74) is 2.68. The minimum atomic E-state index is -0.796. The number of ether oxygens (including phenoxy) is 2. The largest absolute Gasteiger partial charge is 0.487 e. The molecule has 5 nitrogen and oxygen atoms in total. The van der Waals surface area contributed by atoms with Crippen molar-refractivity contribution in [3.8, 4) is 11.5 Å². The molecule has 5 rings (SSSR count). The van der Waals surface area contributed by atoms with E-state index in [0.717, 1.165) is 16.7 Å². The maximum Gasteiger partial charge on any atom is 0.126 e. The Labute approximate surface area is 222 Å². The number of hydrogen-bond acceptors (Lipinski definition) is 5. The third kappa shape index (κ3) is 6.79. The molecule has 0 unspecified atom stereocenters. The van der Waals surface area contributed by atoms with Gasteiger partial charge in [-0.3, -0.25) is 4.90 Å². The van der Waals surface area contributed by atoms with Crippen LogP contribution in [-0.4, -0.2) is 52.6 Å². The van der Waals surface area contributed by atoms with Crippen molar-refractivity contribution < 1.29 is 28.5 Å². The van der Waals surface area contributed by atoms with Crippen molar-refractivity contribution in [1.29, 1.82) is 0 Å². The number of hydrogen-bond donors (Lipinski definition) is 2. The van der Waals surface area contributed by atoms with Crippen LogP contribution in [0.3, 0.4) is 0 Å². The molecule has 0 amide bonds. The zero-order valence-corrected chi connectivity index (χ0v) is 21.2. The van der Waals surface area contributed by atoms with Crippen LogP contribution in [-0.2, 0) is 19.4 Å². The van der Waals surface area contributed by atoms with Crippen LogP contribution in [0.25, 0.3) is 0 Å². The molecule has 0 bridgehead atoms. The highest BCUT2D eigenvalue weighted by Crippen LogP contribution is 2.31. The van der Waals surface area contributed by atoms with E-state index in [9.17, 15) is 19.0 Å². The van der Waals surface area contributed by atoms with Gasteiger partial charge in [-0.05, 0) is 78.8 Å². The SMILES string of the molecule is Cl.O[C@@H](CN(Cc1ccccc1)C[C@H](O)[C@@H]1CCc2cc(F)ccc2O1)[C@@H]1CCc2cc(F)ccc2O1. The van der Waals surface area contributed by atoms with Crippen molar-refractivity contribution >= 4 is 12.4 Å². The Morgan fingerprint density at radius 2 is 1.24 bits per heavy atom. The quantitative estimate of drug-likeness (QED) is 0.441. The number of nitrogens with zero attached hydrogens (tertiary/aromatic N) is 1. The van der Waals surface area contributed by atoms with E-state index in [1.54, 1.807) is 12.1 Å². The number of rotatable bonds is 8. The first kappa shape index (κ1) is 27.3. The number of fused-ring (bicyclic) bond motifs is 2. The molecule has 2 heterocycles. The first-order valence-corrected chi connectivity index (χ1v) is 12.5. The number of benzene rings is 3. The number of halogens is 3. The number of aliphatic hydroxyl groups is 2. The highest BCUT2D eigenvalue weighted by molar-refractivity contribution is 5.85. The van der Waals surface area contributed by atoms with Crippen molar-refractivity contribution in [2.24, 2.45) is 0 Å². The first-order chi connectivity index (χ1) is 17.4. The summed E-state index contributed by atoms with van der Waals surface area (Å²) in [6.07, 6.45) is -0.0167. The fourth-order valence-corrected chi connectivity index (χ4v) is 5.11. The van der Waals surface area contributed by atoms with E-state index < -0.39 is 24.4 Å². The van der Waals surface area contributed by atoms with Gasteiger partial charge in [0, 0.05) is 19.6 Å². The van der Waals surface area contributed by atoms with E-state index in [1.165, 1.54) is 24.3 Å². The second-order valence-corrected chi connectivity index (χ2v) is 9.71. The van der Waals surface area contributed by atoms with E-state index in [4.69, 9.17) is 9.47 Å². The van der Waals surface area contributed by atoms with Gasteiger partial charge >= 0.3 is 0 Å². The Morgan fingerprint density at radius 1 is 0.757 bits per heavy atom. The van der Waals surface area contributed by atoms with E-state index in [1.807, 2.05) is 35.2 Å². The Hall–Kier alpha value is -2.71. The standard InChI is InChI=1S/C29H31F2NO4.ClH/c30-22-8-12-26-20(14-22)6-10-28(35-26)24(33)17-32(16-19-4-2-1-3-5-19)18-25(34)29-11-7-21-15-23(31)9-13-27(21)36-29;/h1-5,8-9,12-15,24-25,28-29,33-34H,6-7,10-11,16-18H2;1H/t24-,25-,28-,29-;/m0./s1. The zero-order chi connectivity index (χ0) is 25.1. The third-order valence-electron chi connectivity index (χ3n) is 7.00. The van der Waals surface area contributed by atoms with Crippen LogP contribution < -0.4 is 9.47 Å². The van der Waals surface area contributed by atoms with Gasteiger partial charge in [0.15, 0.2) is 0 Å². The summed E-state index contributed by atoms with van der Waals surface area (Å²) in [5, 5.41) is 22.2. The van der Waals surface area contributed by atoms with Crippen LogP contribution in [0.1, 0.15) is 29.5 Å². The predicted octanol–water partition coefficient (Wildman–Crippen LogP) is 4.70. The van der Waals surface area contributed by atoms with Gasteiger partial charge in [0.25, 0.3) is 0 Å². The van der Waals surface area contributed by atoms with Gasteiger partial charge in [0.1, 0.15) is 47.5 Å². The molecular formula is C29H32ClF2NO4. The van der Waals surface area contributed by atoms with E-state index in [0.29, 0.717) is 56.8 Å². The Kier molecular flexibility index (Phi) is 9.03. The summed E-state index contributed by atoms with van der Waals surface area (Å²) in [4.78, 5) is 2.01. The smallest absolute Gasteiger partial charge is 0.126 e. The lowest BCUT2D eigenvalue weighted by Gasteiger charge is -2.35. The lowest BCUT2D eigenvalue weighted by atomic mass is 9.97. The summed E-state index contributed by atoms with van der Waals surface area (Å²) in [5.74, 6) is 0.619. The fourth-order valence-electron chi connectivity index (χ4n) is 5.11. The average molecular weight is 532 g/mol. The Morgan fingerprint density at radius 3 is 1.73 bits per heavy atom. The van der Waals surface area contributed by atoms with Crippen LogP contribution in [0.2, 0.25) is 0 Å². The maximum absolute atomic E-state index is 13.5. The number of aryl methyl sites for hydroxylation is 2. The van der Waals surface area contributed by atoms with Gasteiger partial charge in [-0.15, -0.1) is 12.4 Å². The van der Waals surface area contributed by atoms with Crippen LogP contribution in [0, 0.1) is 11.6 Å². The van der Waals surface area contributed by atoms with Gasteiger partial charge in [-0.1, -0.05) is 30.3 Å².